The van der Waals surface area contributed by atoms with Crippen LogP contribution in [-0.2, 0) is 5.60 Å². The third-order valence-corrected chi connectivity index (χ3v) is 8.29. The van der Waals surface area contributed by atoms with E-state index in [9.17, 15) is 5.11 Å². The first-order chi connectivity index (χ1) is 17.9. The quantitative estimate of drug-likeness (QED) is 0.193. The average Bonchev–Trinajstić information content (AvgIpc) is 2.92. The Morgan fingerprint density at radius 3 is 2.38 bits per heavy atom. The molecule has 1 heterocycles. The van der Waals surface area contributed by atoms with Crippen molar-refractivity contribution in [2.24, 2.45) is 0 Å². The Balaban J connectivity index is 1.84. The van der Waals surface area contributed by atoms with E-state index in [1.54, 1.807) is 11.8 Å². The third-order valence-electron chi connectivity index (χ3n) is 7.08. The minimum Gasteiger partial charge on any atom is -0.384 e. The number of hydrogen-bond donors (Lipinski definition) is 1. The van der Waals surface area contributed by atoms with Crippen molar-refractivity contribution in [1.29, 1.82) is 0 Å². The van der Waals surface area contributed by atoms with E-state index in [-0.39, 0.29) is 5.92 Å². The molecular weight excluding hydrogens is 540 g/mol. The van der Waals surface area contributed by atoms with Crippen LogP contribution in [0, 0.1) is 0 Å². The first kappa shape index (κ1) is 25.9. The van der Waals surface area contributed by atoms with Gasteiger partial charge in [0.2, 0.25) is 0 Å². The van der Waals surface area contributed by atoms with Crippen molar-refractivity contribution in [2.45, 2.75) is 23.0 Å². The van der Waals surface area contributed by atoms with Crippen LogP contribution in [0.3, 0.4) is 0 Å². The summed E-state index contributed by atoms with van der Waals surface area (Å²) >= 11 is 5.26. The van der Waals surface area contributed by atoms with Gasteiger partial charge in [-0.1, -0.05) is 88.7 Å². The second-order valence-corrected chi connectivity index (χ2v) is 11.5. The Bertz CT molecular complexity index is 1530. The van der Waals surface area contributed by atoms with E-state index >= 15 is 0 Å². The first-order valence-electron chi connectivity index (χ1n) is 12.4. The van der Waals surface area contributed by atoms with E-state index in [2.05, 4.69) is 120 Å². The van der Waals surface area contributed by atoms with Gasteiger partial charge in [0, 0.05) is 22.3 Å². The highest BCUT2D eigenvalue weighted by molar-refractivity contribution is 9.10. The molecule has 0 spiro atoms. The van der Waals surface area contributed by atoms with E-state index in [1.165, 1.54) is 0 Å². The molecule has 1 aromatic heterocycles. The van der Waals surface area contributed by atoms with E-state index in [0.29, 0.717) is 6.42 Å². The van der Waals surface area contributed by atoms with E-state index in [0.717, 1.165) is 54.4 Å². The second kappa shape index (κ2) is 11.0. The van der Waals surface area contributed by atoms with Gasteiger partial charge in [-0.2, -0.15) is 0 Å². The second-order valence-electron chi connectivity index (χ2n) is 9.77. The number of benzene rings is 4. The molecule has 0 saturated heterocycles. The Morgan fingerprint density at radius 1 is 0.892 bits per heavy atom. The molecule has 0 amide bonds. The maximum atomic E-state index is 13.1. The van der Waals surface area contributed by atoms with Crippen LogP contribution in [0.5, 0.6) is 0 Å². The number of halogens is 1. The minimum absolute atomic E-state index is 0.321. The summed E-state index contributed by atoms with van der Waals surface area (Å²) in [6.45, 7) is 0.740. The largest absolute Gasteiger partial charge is 0.384 e. The lowest BCUT2D eigenvalue weighted by Gasteiger charge is -2.39. The van der Waals surface area contributed by atoms with Gasteiger partial charge < -0.3 is 10.0 Å². The van der Waals surface area contributed by atoms with Crippen LogP contribution in [0.15, 0.2) is 107 Å². The Hall–Kier alpha value is -2.70. The highest BCUT2D eigenvalue weighted by Gasteiger charge is 2.42. The van der Waals surface area contributed by atoms with Crippen molar-refractivity contribution >= 4 is 49.4 Å². The summed E-state index contributed by atoms with van der Waals surface area (Å²) in [4.78, 5) is 7.21. The van der Waals surface area contributed by atoms with Gasteiger partial charge in [-0.05, 0) is 78.5 Å². The summed E-state index contributed by atoms with van der Waals surface area (Å²) in [5, 5.41) is 17.3. The molecule has 0 bridgehead atoms. The van der Waals surface area contributed by atoms with Gasteiger partial charge in [-0.15, -0.1) is 11.8 Å². The molecule has 0 radical (unpaired) electrons. The van der Waals surface area contributed by atoms with Gasteiger partial charge in [0.1, 0.15) is 10.6 Å². The predicted octanol–water partition coefficient (Wildman–Crippen LogP) is 7.84. The predicted molar refractivity (Wildman–Crippen MR) is 161 cm³/mol. The lowest BCUT2D eigenvalue weighted by atomic mass is 9.71. The summed E-state index contributed by atoms with van der Waals surface area (Å²) in [5.41, 5.74) is 2.83. The molecule has 188 valence electrons. The molecule has 37 heavy (non-hydrogen) atoms. The zero-order valence-corrected chi connectivity index (χ0v) is 23.8. The molecule has 3 nitrogen and oxygen atoms in total. The summed E-state index contributed by atoms with van der Waals surface area (Å²) in [7, 11) is 4.12. The number of pyridine rings is 1. The number of aromatic nitrogens is 1. The van der Waals surface area contributed by atoms with Crippen LogP contribution in [0.25, 0.3) is 21.7 Å². The van der Waals surface area contributed by atoms with Crippen LogP contribution >= 0.6 is 27.7 Å². The molecular formula is C32H31BrN2OS. The number of hydrogen-bond acceptors (Lipinski definition) is 4. The molecule has 2 unspecified atom stereocenters. The van der Waals surface area contributed by atoms with E-state index in [1.807, 2.05) is 18.2 Å². The van der Waals surface area contributed by atoms with Gasteiger partial charge in [0.25, 0.3) is 0 Å². The topological polar surface area (TPSA) is 36.4 Å². The molecule has 5 heteroatoms. The smallest absolute Gasteiger partial charge is 0.102 e. The molecule has 2 atom stereocenters. The standard InChI is InChI=1S/C32H31BrN2OS/c1-35(2)19-18-32(36,28-15-9-13-22-10-7-8-14-26(22)28)30(23-11-5-4-6-12-23)27-21-24-20-25(33)16-17-29(24)34-31(27)37-3/h4-17,20-21,30,36H,18-19H2,1-3H3. The maximum absolute atomic E-state index is 13.1. The molecule has 0 aliphatic rings. The van der Waals surface area contributed by atoms with E-state index in [4.69, 9.17) is 4.98 Å². The van der Waals surface area contributed by atoms with Gasteiger partial charge in [0.05, 0.1) is 5.52 Å². The van der Waals surface area contributed by atoms with Crippen molar-refractivity contribution in [3.63, 3.8) is 0 Å². The van der Waals surface area contributed by atoms with Gasteiger partial charge in [0.15, 0.2) is 0 Å². The van der Waals surface area contributed by atoms with Gasteiger partial charge >= 0.3 is 0 Å². The molecule has 4 aromatic carbocycles. The number of fused-ring (bicyclic) bond motifs is 2. The molecule has 5 aromatic rings. The monoisotopic (exact) mass is 570 g/mol. The highest BCUT2D eigenvalue weighted by atomic mass is 79.9. The fraction of sp³-hybridized carbons (Fsp3) is 0.219. The van der Waals surface area contributed by atoms with Crippen molar-refractivity contribution in [1.82, 2.24) is 9.88 Å². The summed E-state index contributed by atoms with van der Waals surface area (Å²) < 4.78 is 1.01. The SMILES string of the molecule is CSc1nc2ccc(Br)cc2cc1C(c1ccccc1)C(O)(CCN(C)C)c1cccc2ccccc12. The van der Waals surface area contributed by atoms with Gasteiger partial charge in [-0.25, -0.2) is 4.98 Å². The fourth-order valence-electron chi connectivity index (χ4n) is 5.31. The molecule has 0 fully saturated rings. The van der Waals surface area contributed by atoms with Crippen LogP contribution < -0.4 is 0 Å². The van der Waals surface area contributed by atoms with Crippen molar-refractivity contribution in [3.05, 3.63) is 118 Å². The minimum atomic E-state index is -1.18. The Morgan fingerprint density at radius 2 is 1.62 bits per heavy atom. The van der Waals surface area contributed by atoms with Crippen LogP contribution in [0.1, 0.15) is 29.0 Å². The normalized spacial score (nSPS) is 14.2. The van der Waals surface area contributed by atoms with E-state index < -0.39 is 5.60 Å². The summed E-state index contributed by atoms with van der Waals surface area (Å²) in [6, 6.07) is 33.4. The van der Waals surface area contributed by atoms with Crippen LogP contribution in [0.4, 0.5) is 0 Å². The Labute approximate surface area is 231 Å². The molecule has 0 aliphatic carbocycles. The van der Waals surface area contributed by atoms with Gasteiger partial charge in [-0.3, -0.25) is 0 Å². The average molecular weight is 572 g/mol. The number of aliphatic hydroxyl groups is 1. The number of thioether (sulfide) groups is 1. The molecule has 0 aliphatic heterocycles. The highest BCUT2D eigenvalue weighted by Crippen LogP contribution is 2.48. The lowest BCUT2D eigenvalue weighted by Crippen LogP contribution is -2.38. The van der Waals surface area contributed by atoms with Crippen LogP contribution in [-0.4, -0.2) is 41.9 Å². The Kier molecular flexibility index (Phi) is 7.68. The maximum Gasteiger partial charge on any atom is 0.102 e. The van der Waals surface area contributed by atoms with Crippen molar-refractivity contribution in [2.75, 3.05) is 26.9 Å². The first-order valence-corrected chi connectivity index (χ1v) is 14.5. The fourth-order valence-corrected chi connectivity index (χ4v) is 6.29. The zero-order chi connectivity index (χ0) is 26.0. The van der Waals surface area contributed by atoms with Crippen molar-refractivity contribution < 1.29 is 5.11 Å². The summed E-state index contributed by atoms with van der Waals surface area (Å²) in [5.74, 6) is -0.321. The molecule has 0 saturated carbocycles. The molecule has 5 rings (SSSR count). The number of rotatable bonds is 8. The lowest BCUT2D eigenvalue weighted by molar-refractivity contribution is 0.00512. The third kappa shape index (κ3) is 5.19. The number of nitrogens with zero attached hydrogens (tertiary/aromatic N) is 2. The van der Waals surface area contributed by atoms with Crippen molar-refractivity contribution in [3.8, 4) is 0 Å². The zero-order valence-electron chi connectivity index (χ0n) is 21.4. The van der Waals surface area contributed by atoms with Crippen LogP contribution in [0.2, 0.25) is 0 Å². The molecule has 1 N–H and O–H groups in total. The summed E-state index contributed by atoms with van der Waals surface area (Å²) in [6.07, 6.45) is 2.63.